The molecule has 1 aromatic heterocycles. The van der Waals surface area contributed by atoms with Crippen molar-refractivity contribution < 1.29 is 4.79 Å². The average molecular weight is 533 g/mol. The Morgan fingerprint density at radius 2 is 1.74 bits per heavy atom. The van der Waals surface area contributed by atoms with E-state index >= 15 is 0 Å². The highest BCUT2D eigenvalue weighted by Gasteiger charge is 2.21. The predicted molar refractivity (Wildman–Crippen MR) is 149 cm³/mol. The van der Waals surface area contributed by atoms with E-state index in [0.717, 1.165) is 41.9 Å². The number of halogens is 3. The van der Waals surface area contributed by atoms with Crippen molar-refractivity contribution in [3.05, 3.63) is 87.5 Å². The van der Waals surface area contributed by atoms with Gasteiger partial charge in [-0.05, 0) is 80.6 Å². The van der Waals surface area contributed by atoms with Crippen LogP contribution >= 0.6 is 34.8 Å². The van der Waals surface area contributed by atoms with Crippen LogP contribution < -0.4 is 10.6 Å². The summed E-state index contributed by atoms with van der Waals surface area (Å²) in [5, 5.41) is 8.28. The molecule has 0 radical (unpaired) electrons. The van der Waals surface area contributed by atoms with Gasteiger partial charge >= 0.3 is 0 Å². The standard InChI is InChI=1S/C28H32Cl3N3O/c1-5-7-18(2)20(4)32-14-6-15-33-28(35)24-17-34(26-13-12-23(30)16-25(26)31)27(19(24)3)21-8-10-22(29)11-9-21/h5,8-13,16-18,20,32H,1,6-7,14-15H2,2-4H3,(H,33,35). The van der Waals surface area contributed by atoms with Crippen LogP contribution in [0.2, 0.25) is 15.1 Å². The van der Waals surface area contributed by atoms with E-state index in [9.17, 15) is 4.79 Å². The molecule has 0 spiro atoms. The molecule has 2 atom stereocenters. The zero-order valence-corrected chi connectivity index (χ0v) is 22.6. The number of aromatic nitrogens is 1. The Bertz CT molecular complexity index is 1170. The second-order valence-electron chi connectivity index (χ2n) is 8.84. The number of hydrogen-bond donors (Lipinski definition) is 2. The number of allylic oxidation sites excluding steroid dienone is 1. The summed E-state index contributed by atoms with van der Waals surface area (Å²) in [5.74, 6) is 0.408. The Kier molecular flexibility index (Phi) is 9.88. The van der Waals surface area contributed by atoms with Crippen LogP contribution in [0.3, 0.4) is 0 Å². The van der Waals surface area contributed by atoms with Gasteiger partial charge in [0, 0.05) is 28.8 Å². The van der Waals surface area contributed by atoms with Crippen molar-refractivity contribution in [2.45, 2.75) is 39.7 Å². The average Bonchev–Trinajstić information content (AvgIpc) is 3.16. The molecule has 1 amide bonds. The summed E-state index contributed by atoms with van der Waals surface area (Å²) in [6, 6.07) is 13.3. The van der Waals surface area contributed by atoms with Gasteiger partial charge in [-0.25, -0.2) is 0 Å². The molecule has 2 unspecified atom stereocenters. The number of amides is 1. The molecule has 3 aromatic rings. The van der Waals surface area contributed by atoms with Crippen molar-refractivity contribution in [3.8, 4) is 16.9 Å². The van der Waals surface area contributed by atoms with Crippen molar-refractivity contribution in [2.75, 3.05) is 13.1 Å². The van der Waals surface area contributed by atoms with E-state index in [4.69, 9.17) is 34.8 Å². The first-order valence-electron chi connectivity index (χ1n) is 11.8. The maximum atomic E-state index is 13.1. The minimum Gasteiger partial charge on any atom is -0.352 e. The molecule has 3 rings (SSSR count). The molecule has 35 heavy (non-hydrogen) atoms. The van der Waals surface area contributed by atoms with E-state index in [2.05, 4.69) is 31.1 Å². The van der Waals surface area contributed by atoms with E-state index in [-0.39, 0.29) is 5.91 Å². The van der Waals surface area contributed by atoms with Gasteiger partial charge in [-0.1, -0.05) is 59.9 Å². The van der Waals surface area contributed by atoms with Gasteiger partial charge in [0.25, 0.3) is 5.91 Å². The van der Waals surface area contributed by atoms with E-state index in [1.807, 2.05) is 54.1 Å². The summed E-state index contributed by atoms with van der Waals surface area (Å²) in [4.78, 5) is 13.1. The lowest BCUT2D eigenvalue weighted by Crippen LogP contribution is -2.34. The van der Waals surface area contributed by atoms with Crippen LogP contribution in [0.4, 0.5) is 0 Å². The fraction of sp³-hybridized carbons (Fsp3) is 0.321. The SMILES string of the molecule is C=CCC(C)C(C)NCCCNC(=O)c1cn(-c2ccc(Cl)cc2Cl)c(-c2ccc(Cl)cc2)c1C. The molecule has 7 heteroatoms. The molecule has 0 aliphatic heterocycles. The van der Waals surface area contributed by atoms with Crippen LogP contribution in [0.1, 0.15) is 42.6 Å². The Hall–Kier alpha value is -2.24. The lowest BCUT2D eigenvalue weighted by atomic mass is 10.00. The van der Waals surface area contributed by atoms with Crippen molar-refractivity contribution in [3.63, 3.8) is 0 Å². The van der Waals surface area contributed by atoms with Gasteiger partial charge in [0.15, 0.2) is 0 Å². The molecule has 2 N–H and O–H groups in total. The Labute approximate surface area is 223 Å². The maximum Gasteiger partial charge on any atom is 0.253 e. The first-order chi connectivity index (χ1) is 16.7. The second kappa shape index (κ2) is 12.6. The Morgan fingerprint density at radius 1 is 1.06 bits per heavy atom. The van der Waals surface area contributed by atoms with Crippen molar-refractivity contribution in [1.29, 1.82) is 0 Å². The monoisotopic (exact) mass is 531 g/mol. The van der Waals surface area contributed by atoms with Crippen molar-refractivity contribution >= 4 is 40.7 Å². The van der Waals surface area contributed by atoms with Gasteiger partial charge in [0.2, 0.25) is 0 Å². The molecular formula is C28H32Cl3N3O. The lowest BCUT2D eigenvalue weighted by Gasteiger charge is -2.20. The quantitative estimate of drug-likeness (QED) is 0.196. The van der Waals surface area contributed by atoms with Gasteiger partial charge in [0.05, 0.1) is 22.0 Å². The highest BCUT2D eigenvalue weighted by atomic mass is 35.5. The first-order valence-corrected chi connectivity index (χ1v) is 12.9. The van der Waals surface area contributed by atoms with Crippen LogP contribution in [0.25, 0.3) is 16.9 Å². The third-order valence-corrected chi connectivity index (χ3v) is 7.08. The van der Waals surface area contributed by atoms with Crippen molar-refractivity contribution in [2.24, 2.45) is 5.92 Å². The predicted octanol–water partition coefficient (Wildman–Crippen LogP) is 7.72. The van der Waals surface area contributed by atoms with Gasteiger partial charge in [-0.15, -0.1) is 6.58 Å². The molecule has 186 valence electrons. The largest absolute Gasteiger partial charge is 0.352 e. The molecule has 1 heterocycles. The van der Waals surface area contributed by atoms with Crippen LogP contribution in [-0.4, -0.2) is 29.6 Å². The fourth-order valence-electron chi connectivity index (χ4n) is 4.04. The maximum absolute atomic E-state index is 13.1. The number of carbonyl (C=O) groups is 1. The molecule has 0 saturated carbocycles. The van der Waals surface area contributed by atoms with Crippen LogP contribution in [0.5, 0.6) is 0 Å². The second-order valence-corrected chi connectivity index (χ2v) is 10.1. The molecule has 0 saturated heterocycles. The fourth-order valence-corrected chi connectivity index (χ4v) is 4.67. The zero-order chi connectivity index (χ0) is 25.5. The molecule has 0 aliphatic rings. The van der Waals surface area contributed by atoms with Crippen LogP contribution in [0, 0.1) is 12.8 Å². The molecular weight excluding hydrogens is 501 g/mol. The first kappa shape index (κ1) is 27.3. The normalized spacial score (nSPS) is 12.9. The number of nitrogens with one attached hydrogen (secondary N) is 2. The molecule has 0 fully saturated rings. The van der Waals surface area contributed by atoms with Gasteiger partial charge in [-0.3, -0.25) is 4.79 Å². The summed E-state index contributed by atoms with van der Waals surface area (Å²) in [6.45, 7) is 11.6. The minimum absolute atomic E-state index is 0.116. The van der Waals surface area contributed by atoms with Gasteiger partial charge in [0.1, 0.15) is 0 Å². The van der Waals surface area contributed by atoms with E-state index < -0.39 is 0 Å². The molecule has 0 aliphatic carbocycles. The lowest BCUT2D eigenvalue weighted by molar-refractivity contribution is 0.0952. The number of benzene rings is 2. The summed E-state index contributed by atoms with van der Waals surface area (Å²) < 4.78 is 1.94. The summed E-state index contributed by atoms with van der Waals surface area (Å²) >= 11 is 18.8. The number of rotatable bonds is 11. The summed E-state index contributed by atoms with van der Waals surface area (Å²) in [7, 11) is 0. The number of nitrogens with zero attached hydrogens (tertiary/aromatic N) is 1. The third kappa shape index (κ3) is 6.92. The topological polar surface area (TPSA) is 46.1 Å². The van der Waals surface area contributed by atoms with Gasteiger partial charge < -0.3 is 15.2 Å². The Balaban J connectivity index is 1.79. The van der Waals surface area contributed by atoms with E-state index in [0.29, 0.717) is 39.1 Å². The highest BCUT2D eigenvalue weighted by Crippen LogP contribution is 2.34. The molecule has 0 bridgehead atoms. The summed E-state index contributed by atoms with van der Waals surface area (Å²) in [6.07, 6.45) is 5.60. The van der Waals surface area contributed by atoms with Gasteiger partial charge in [-0.2, -0.15) is 0 Å². The van der Waals surface area contributed by atoms with E-state index in [1.165, 1.54) is 0 Å². The Morgan fingerprint density at radius 3 is 2.40 bits per heavy atom. The zero-order valence-electron chi connectivity index (χ0n) is 20.4. The minimum atomic E-state index is -0.116. The van der Waals surface area contributed by atoms with Crippen LogP contribution in [-0.2, 0) is 0 Å². The smallest absolute Gasteiger partial charge is 0.253 e. The highest BCUT2D eigenvalue weighted by molar-refractivity contribution is 6.35. The van der Waals surface area contributed by atoms with E-state index in [1.54, 1.807) is 12.1 Å². The molecule has 2 aromatic carbocycles. The van der Waals surface area contributed by atoms with Crippen LogP contribution in [0.15, 0.2) is 61.3 Å². The third-order valence-electron chi connectivity index (χ3n) is 6.29. The molecule has 4 nitrogen and oxygen atoms in total. The number of carbonyl (C=O) groups excluding carboxylic acids is 1. The number of hydrogen-bond acceptors (Lipinski definition) is 2. The summed E-state index contributed by atoms with van der Waals surface area (Å²) in [5.41, 5.74) is 4.02. The van der Waals surface area contributed by atoms with Crippen molar-refractivity contribution in [1.82, 2.24) is 15.2 Å².